The highest BCUT2D eigenvalue weighted by atomic mass is 35.5. The molecule has 244 valence electrons. The minimum absolute atomic E-state index is 0. The predicted molar refractivity (Wildman–Crippen MR) is 175 cm³/mol. The fourth-order valence-electron chi connectivity index (χ4n) is 3.24. The zero-order valence-electron chi connectivity index (χ0n) is 24.2. The molecule has 0 amide bonds. The van der Waals surface area contributed by atoms with E-state index >= 15 is 0 Å². The molecular formula is C30H57Cl3N2O6. The molecule has 0 radical (unpaired) electrons. The van der Waals surface area contributed by atoms with Gasteiger partial charge in [-0.3, -0.25) is 9.59 Å². The maximum absolute atomic E-state index is 10.9. The lowest BCUT2D eigenvalue weighted by atomic mass is 10.1. The number of halogens is 3. The van der Waals surface area contributed by atoms with Crippen LogP contribution in [0.15, 0.2) is 30.3 Å². The van der Waals surface area contributed by atoms with Gasteiger partial charge in [-0.15, -0.1) is 12.4 Å². The van der Waals surface area contributed by atoms with Gasteiger partial charge in [0.15, 0.2) is 5.56 Å². The van der Waals surface area contributed by atoms with Crippen molar-refractivity contribution >= 4 is 53.0 Å². The molecule has 0 saturated carbocycles. The number of benzene rings is 1. The maximum Gasteiger partial charge on any atom is 0.405 e. The van der Waals surface area contributed by atoms with Crippen molar-refractivity contribution < 1.29 is 28.6 Å². The number of hydrogen-bond donors (Lipinski definition) is 1. The molecule has 1 aromatic carbocycles. The van der Waals surface area contributed by atoms with E-state index in [1.165, 1.54) is 52.4 Å². The summed E-state index contributed by atoms with van der Waals surface area (Å²) in [7, 11) is 6.99. The summed E-state index contributed by atoms with van der Waals surface area (Å²) in [6, 6.07) is 10.5. The van der Waals surface area contributed by atoms with Crippen molar-refractivity contribution in [2.24, 2.45) is 0 Å². The van der Waals surface area contributed by atoms with Crippen molar-refractivity contribution in [2.45, 2.75) is 98.1 Å². The van der Waals surface area contributed by atoms with E-state index in [0.717, 1.165) is 45.3 Å². The lowest BCUT2D eigenvalue weighted by Crippen LogP contribution is -2.18. The summed E-state index contributed by atoms with van der Waals surface area (Å²) in [4.78, 5) is 33.6. The number of carbonyl (C=O) groups is 3. The van der Waals surface area contributed by atoms with Crippen LogP contribution in [-0.4, -0.2) is 69.2 Å². The Morgan fingerprint density at radius 3 is 1.71 bits per heavy atom. The third-order valence-electron chi connectivity index (χ3n) is 5.23. The van der Waals surface area contributed by atoms with Gasteiger partial charge >= 0.3 is 17.4 Å². The Bertz CT molecular complexity index is 713. The van der Waals surface area contributed by atoms with E-state index in [1.807, 2.05) is 13.1 Å². The number of rotatable bonds is 17. The Morgan fingerprint density at radius 2 is 1.32 bits per heavy atom. The number of alkyl halides is 1. The van der Waals surface area contributed by atoms with Gasteiger partial charge in [-0.25, -0.2) is 4.79 Å². The van der Waals surface area contributed by atoms with Crippen molar-refractivity contribution in [3.05, 3.63) is 35.9 Å². The molecule has 1 rings (SSSR count). The van der Waals surface area contributed by atoms with Crippen LogP contribution in [0, 0.1) is 0 Å². The van der Waals surface area contributed by atoms with Crippen LogP contribution in [0.2, 0.25) is 0 Å². The van der Waals surface area contributed by atoms with Crippen molar-refractivity contribution in [1.82, 2.24) is 10.2 Å². The SMILES string of the molecule is C.C.CC(Cl)OC(=O)Cl.CNCCCCCCC(=O)OC.COC(=O)CCCCCCN(C)Cc1ccccc1.Cl. The lowest BCUT2D eigenvalue weighted by Gasteiger charge is -2.16. The number of esters is 2. The summed E-state index contributed by atoms with van der Waals surface area (Å²) in [5.41, 5.74) is -0.150. The van der Waals surface area contributed by atoms with Crippen LogP contribution in [-0.2, 0) is 30.3 Å². The number of nitrogens with zero attached hydrogens (tertiary/aromatic N) is 1. The quantitative estimate of drug-likeness (QED) is 0.0594. The standard InChI is InChI=1S/C16H25NO2.C9H19NO2.C3H4Cl2O2.2CH4.ClH/c1-17(14-15-10-6-5-7-11-15)13-9-4-3-8-12-16(18)19-2;1-10-8-6-4-3-5-7-9(11)12-2;1-2(4)7-3(5)6;;;/h5-7,10-11H,3-4,8-9,12-14H2,1-2H3;10H,3-8H2,1-2H3;2H,1H3;2*1H4;1H. The molecular weight excluding hydrogens is 591 g/mol. The molecule has 0 fully saturated rings. The average Bonchev–Trinajstić information content (AvgIpc) is 2.88. The molecule has 0 heterocycles. The van der Waals surface area contributed by atoms with E-state index in [4.69, 9.17) is 23.2 Å². The van der Waals surface area contributed by atoms with Crippen LogP contribution in [0.1, 0.15) is 91.5 Å². The van der Waals surface area contributed by atoms with Gasteiger partial charge in [-0.2, -0.15) is 0 Å². The van der Waals surface area contributed by atoms with Crippen molar-refractivity contribution in [3.63, 3.8) is 0 Å². The highest BCUT2D eigenvalue weighted by molar-refractivity contribution is 6.61. The zero-order chi connectivity index (χ0) is 29.0. The Labute approximate surface area is 266 Å². The third-order valence-corrected chi connectivity index (χ3v) is 5.41. The third kappa shape index (κ3) is 40.6. The second-order valence-electron chi connectivity index (χ2n) is 8.71. The molecule has 0 aliphatic rings. The molecule has 41 heavy (non-hydrogen) atoms. The van der Waals surface area contributed by atoms with Gasteiger partial charge in [-0.05, 0) is 65.4 Å². The second-order valence-corrected chi connectivity index (χ2v) is 9.63. The summed E-state index contributed by atoms with van der Waals surface area (Å²) < 4.78 is 13.3. The van der Waals surface area contributed by atoms with E-state index in [9.17, 15) is 14.4 Å². The number of nitrogens with one attached hydrogen (secondary N) is 1. The van der Waals surface area contributed by atoms with Crippen LogP contribution in [0.3, 0.4) is 0 Å². The van der Waals surface area contributed by atoms with E-state index in [-0.39, 0.29) is 39.2 Å². The lowest BCUT2D eigenvalue weighted by molar-refractivity contribution is -0.141. The zero-order valence-corrected chi connectivity index (χ0v) is 26.5. The largest absolute Gasteiger partial charge is 0.469 e. The highest BCUT2D eigenvalue weighted by Crippen LogP contribution is 2.07. The van der Waals surface area contributed by atoms with Crippen molar-refractivity contribution in [1.29, 1.82) is 0 Å². The minimum Gasteiger partial charge on any atom is -0.469 e. The molecule has 1 atom stereocenters. The number of ether oxygens (including phenoxy) is 3. The molecule has 11 heteroatoms. The topological polar surface area (TPSA) is 94.2 Å². The van der Waals surface area contributed by atoms with Gasteiger partial charge < -0.3 is 24.4 Å². The van der Waals surface area contributed by atoms with Crippen LogP contribution in [0.5, 0.6) is 0 Å². The van der Waals surface area contributed by atoms with Crippen molar-refractivity contribution in [3.8, 4) is 0 Å². The van der Waals surface area contributed by atoms with Crippen molar-refractivity contribution in [2.75, 3.05) is 41.4 Å². The maximum atomic E-state index is 10.9. The minimum atomic E-state index is -0.873. The number of unbranched alkanes of at least 4 members (excludes halogenated alkanes) is 6. The van der Waals surface area contributed by atoms with Crippen LogP contribution in [0.4, 0.5) is 4.79 Å². The Morgan fingerprint density at radius 1 is 0.854 bits per heavy atom. The first-order valence-electron chi connectivity index (χ1n) is 13.2. The van der Waals surface area contributed by atoms with Gasteiger partial charge in [0.2, 0.25) is 0 Å². The summed E-state index contributed by atoms with van der Waals surface area (Å²) in [5, 5.41) is 3.09. The molecule has 0 saturated heterocycles. The summed E-state index contributed by atoms with van der Waals surface area (Å²) in [5.74, 6) is -0.190. The van der Waals surface area contributed by atoms with Crippen LogP contribution in [0.25, 0.3) is 0 Å². The van der Waals surface area contributed by atoms with Gasteiger partial charge in [0.25, 0.3) is 0 Å². The Hall–Kier alpha value is -1.58. The molecule has 1 aromatic rings. The summed E-state index contributed by atoms with van der Waals surface area (Å²) in [6.45, 7) is 4.68. The smallest absolute Gasteiger partial charge is 0.405 e. The van der Waals surface area contributed by atoms with Gasteiger partial charge in [-0.1, -0.05) is 82.5 Å². The van der Waals surface area contributed by atoms with Gasteiger partial charge in [0.05, 0.1) is 14.2 Å². The molecule has 8 nitrogen and oxygen atoms in total. The number of carbonyl (C=O) groups excluding carboxylic acids is 3. The van der Waals surface area contributed by atoms with Gasteiger partial charge in [0, 0.05) is 31.0 Å². The van der Waals surface area contributed by atoms with E-state index in [2.05, 4.69) is 55.7 Å². The first kappa shape index (κ1) is 49.1. The molecule has 0 spiro atoms. The van der Waals surface area contributed by atoms with Crippen LogP contribution >= 0.6 is 35.6 Å². The first-order chi connectivity index (χ1) is 18.2. The fraction of sp³-hybridized carbons (Fsp3) is 0.700. The predicted octanol–water partition coefficient (Wildman–Crippen LogP) is 8.21. The first-order valence-corrected chi connectivity index (χ1v) is 14.0. The number of methoxy groups -OCH3 is 2. The Balaban J connectivity index is -0.000000170. The Kier molecular flexibility index (Phi) is 43.7. The van der Waals surface area contributed by atoms with E-state index < -0.39 is 11.0 Å². The fourth-order valence-corrected chi connectivity index (χ4v) is 3.50. The molecule has 1 N–H and O–H groups in total. The molecule has 0 aliphatic carbocycles. The second kappa shape index (κ2) is 36.4. The van der Waals surface area contributed by atoms with Crippen LogP contribution < -0.4 is 5.32 Å². The summed E-state index contributed by atoms with van der Waals surface area (Å²) >= 11 is 9.87. The van der Waals surface area contributed by atoms with Gasteiger partial charge in [0.1, 0.15) is 0 Å². The average molecular weight is 648 g/mol. The molecule has 0 bridgehead atoms. The molecule has 0 aliphatic heterocycles. The summed E-state index contributed by atoms with van der Waals surface area (Å²) in [6.07, 6.45) is 9.99. The monoisotopic (exact) mass is 646 g/mol. The van der Waals surface area contributed by atoms with E-state index in [0.29, 0.717) is 12.8 Å². The normalized spacial score (nSPS) is 10.0. The van der Waals surface area contributed by atoms with E-state index in [1.54, 1.807) is 0 Å². The molecule has 0 aromatic heterocycles. The molecule has 1 unspecified atom stereocenters. The number of hydrogen-bond acceptors (Lipinski definition) is 8. The highest BCUT2D eigenvalue weighted by Gasteiger charge is 2.02.